The molecule has 0 aliphatic carbocycles. The molecule has 0 radical (unpaired) electrons. The third-order valence-electron chi connectivity index (χ3n) is 4.41. The van der Waals surface area contributed by atoms with Crippen molar-refractivity contribution in [2.24, 2.45) is 0 Å². The minimum Gasteiger partial charge on any atom is -0.333 e. The number of carbonyl (C=O) groups is 2. The molecule has 1 unspecified atom stereocenters. The number of carbonyl (C=O) groups excluding carboxylic acids is 2. The van der Waals surface area contributed by atoms with E-state index in [-0.39, 0.29) is 11.9 Å². The fourth-order valence-electron chi connectivity index (χ4n) is 3.40. The first-order chi connectivity index (χ1) is 12.0. The lowest BCUT2D eigenvalue weighted by Crippen LogP contribution is -2.46. The van der Waals surface area contributed by atoms with Crippen LogP contribution in [0, 0.1) is 20.8 Å². The molecule has 1 aromatic heterocycles. The van der Waals surface area contributed by atoms with E-state index < -0.39 is 6.04 Å². The summed E-state index contributed by atoms with van der Waals surface area (Å²) in [5.41, 5.74) is 5.10. The van der Waals surface area contributed by atoms with Gasteiger partial charge in [0.1, 0.15) is 6.04 Å². The number of H-pyrrole nitrogens is 1. The lowest BCUT2D eigenvalue weighted by atomic mass is 10.0. The summed E-state index contributed by atoms with van der Waals surface area (Å²) in [6, 6.07) is 5.08. The van der Waals surface area contributed by atoms with Crippen LogP contribution in [0.15, 0.2) is 24.4 Å². The lowest BCUT2D eigenvalue weighted by molar-refractivity contribution is -0.118. The second-order valence-electron chi connectivity index (χ2n) is 6.49. The first-order valence-corrected chi connectivity index (χ1v) is 8.37. The Bertz CT molecular complexity index is 762. The number of hydrogen-bond donors (Lipinski definition) is 3. The maximum absolute atomic E-state index is 12.7. The van der Waals surface area contributed by atoms with Crippen LogP contribution in [0.4, 0.5) is 10.5 Å². The van der Waals surface area contributed by atoms with E-state index in [4.69, 9.17) is 0 Å². The molecule has 1 aliphatic heterocycles. The van der Waals surface area contributed by atoms with Gasteiger partial charge in [0.15, 0.2) is 0 Å². The monoisotopic (exact) mass is 341 g/mol. The minimum absolute atomic E-state index is 0.0632. The van der Waals surface area contributed by atoms with Crippen LogP contribution in [-0.2, 0) is 11.3 Å². The van der Waals surface area contributed by atoms with E-state index in [1.807, 2.05) is 20.8 Å². The number of urea groups is 1. The SMILES string of the molecule is Cc1cc(C)c(N2CCC(NC(=O)NCc3ccn[nH]3)C2=O)c(C)c1. The van der Waals surface area contributed by atoms with Crippen LogP contribution < -0.4 is 15.5 Å². The van der Waals surface area contributed by atoms with Crippen molar-refractivity contribution < 1.29 is 9.59 Å². The Morgan fingerprint density at radius 2 is 2.04 bits per heavy atom. The standard InChI is InChI=1S/C18H23N5O2/c1-11-8-12(2)16(13(3)9-11)23-7-5-15(17(23)24)21-18(25)19-10-14-4-6-20-22-14/h4,6,8-9,15H,5,7,10H2,1-3H3,(H,20,22)(H2,19,21,25). The maximum Gasteiger partial charge on any atom is 0.315 e. The van der Waals surface area contributed by atoms with Crippen LogP contribution in [-0.4, -0.2) is 34.7 Å². The highest BCUT2D eigenvalue weighted by molar-refractivity contribution is 6.02. The molecule has 1 aliphatic rings. The summed E-state index contributed by atoms with van der Waals surface area (Å²) in [6.45, 7) is 7.02. The predicted molar refractivity (Wildman–Crippen MR) is 95.4 cm³/mol. The number of aryl methyl sites for hydroxylation is 3. The van der Waals surface area contributed by atoms with Crippen molar-refractivity contribution in [3.8, 4) is 0 Å². The molecule has 132 valence electrons. The van der Waals surface area contributed by atoms with Crippen LogP contribution in [0.3, 0.4) is 0 Å². The summed E-state index contributed by atoms with van der Waals surface area (Å²) in [4.78, 5) is 26.5. The lowest BCUT2D eigenvalue weighted by Gasteiger charge is -2.22. The Kier molecular flexibility index (Phi) is 4.74. The molecule has 1 fully saturated rings. The predicted octanol–water partition coefficient (Wildman–Crippen LogP) is 1.94. The normalized spacial score (nSPS) is 17.0. The van der Waals surface area contributed by atoms with E-state index in [0.29, 0.717) is 19.5 Å². The molecule has 3 rings (SSSR count). The largest absolute Gasteiger partial charge is 0.333 e. The molecular formula is C18H23N5O2. The number of benzene rings is 1. The molecule has 1 atom stereocenters. The van der Waals surface area contributed by atoms with Crippen LogP contribution in [0.25, 0.3) is 0 Å². The van der Waals surface area contributed by atoms with Gasteiger partial charge >= 0.3 is 6.03 Å². The quantitative estimate of drug-likeness (QED) is 0.794. The van der Waals surface area contributed by atoms with E-state index >= 15 is 0 Å². The molecule has 7 nitrogen and oxygen atoms in total. The number of amides is 3. The zero-order valence-corrected chi connectivity index (χ0v) is 14.7. The molecule has 1 aromatic carbocycles. The molecule has 7 heteroatoms. The average Bonchev–Trinajstić information content (AvgIpc) is 3.17. The highest BCUT2D eigenvalue weighted by Gasteiger charge is 2.34. The Morgan fingerprint density at radius 3 is 2.68 bits per heavy atom. The zero-order chi connectivity index (χ0) is 18.0. The Morgan fingerprint density at radius 1 is 1.32 bits per heavy atom. The number of hydrogen-bond acceptors (Lipinski definition) is 3. The smallest absolute Gasteiger partial charge is 0.315 e. The molecule has 0 saturated carbocycles. The van der Waals surface area contributed by atoms with E-state index in [0.717, 1.165) is 22.5 Å². The van der Waals surface area contributed by atoms with Crippen molar-refractivity contribution in [1.29, 1.82) is 0 Å². The van der Waals surface area contributed by atoms with Crippen molar-refractivity contribution in [2.45, 2.75) is 39.8 Å². The fraction of sp³-hybridized carbons (Fsp3) is 0.389. The summed E-state index contributed by atoms with van der Waals surface area (Å²) in [5.74, 6) is -0.0632. The van der Waals surface area contributed by atoms with Crippen molar-refractivity contribution in [1.82, 2.24) is 20.8 Å². The summed E-state index contributed by atoms with van der Waals surface area (Å²) in [5, 5.41) is 12.1. The first kappa shape index (κ1) is 17.0. The third-order valence-corrected chi connectivity index (χ3v) is 4.41. The maximum atomic E-state index is 12.7. The number of aromatic amines is 1. The number of aromatic nitrogens is 2. The van der Waals surface area contributed by atoms with Gasteiger partial charge < -0.3 is 15.5 Å². The summed E-state index contributed by atoms with van der Waals surface area (Å²) < 4.78 is 0. The van der Waals surface area contributed by atoms with Crippen LogP contribution in [0.5, 0.6) is 0 Å². The molecule has 0 bridgehead atoms. The number of nitrogens with one attached hydrogen (secondary N) is 3. The molecule has 1 saturated heterocycles. The topological polar surface area (TPSA) is 90.1 Å². The molecular weight excluding hydrogens is 318 g/mol. The van der Waals surface area contributed by atoms with Crippen LogP contribution in [0.2, 0.25) is 0 Å². The first-order valence-electron chi connectivity index (χ1n) is 8.37. The number of rotatable bonds is 4. The van der Waals surface area contributed by atoms with Gasteiger partial charge in [0.2, 0.25) is 5.91 Å². The van der Waals surface area contributed by atoms with Gasteiger partial charge in [-0.2, -0.15) is 5.10 Å². The van der Waals surface area contributed by atoms with Gasteiger partial charge in [0.25, 0.3) is 0 Å². The molecule has 0 spiro atoms. The summed E-state index contributed by atoms with van der Waals surface area (Å²) >= 11 is 0. The van der Waals surface area contributed by atoms with Gasteiger partial charge in [-0.15, -0.1) is 0 Å². The van der Waals surface area contributed by atoms with Gasteiger partial charge in [0.05, 0.1) is 12.2 Å². The second-order valence-corrected chi connectivity index (χ2v) is 6.49. The Balaban J connectivity index is 1.63. The molecule has 2 heterocycles. The number of anilines is 1. The van der Waals surface area contributed by atoms with Gasteiger partial charge in [-0.3, -0.25) is 9.89 Å². The van der Waals surface area contributed by atoms with Crippen molar-refractivity contribution in [3.05, 3.63) is 46.8 Å². The molecule has 2 aromatic rings. The molecule has 3 N–H and O–H groups in total. The number of nitrogens with zero attached hydrogens (tertiary/aromatic N) is 2. The van der Waals surface area contributed by atoms with E-state index in [2.05, 4.69) is 33.0 Å². The van der Waals surface area contributed by atoms with Gasteiger partial charge in [-0.25, -0.2) is 4.79 Å². The Labute approximate surface area is 146 Å². The van der Waals surface area contributed by atoms with E-state index in [1.165, 1.54) is 5.56 Å². The minimum atomic E-state index is -0.498. The van der Waals surface area contributed by atoms with Gasteiger partial charge in [-0.05, 0) is 44.4 Å². The average molecular weight is 341 g/mol. The van der Waals surface area contributed by atoms with Crippen molar-refractivity contribution in [2.75, 3.05) is 11.4 Å². The van der Waals surface area contributed by atoms with Gasteiger partial charge in [-0.1, -0.05) is 17.7 Å². The van der Waals surface area contributed by atoms with E-state index in [1.54, 1.807) is 17.2 Å². The van der Waals surface area contributed by atoms with Crippen molar-refractivity contribution in [3.63, 3.8) is 0 Å². The second kappa shape index (κ2) is 6.96. The van der Waals surface area contributed by atoms with Crippen molar-refractivity contribution >= 4 is 17.6 Å². The third kappa shape index (κ3) is 3.65. The highest BCUT2D eigenvalue weighted by atomic mass is 16.2. The fourth-order valence-corrected chi connectivity index (χ4v) is 3.40. The zero-order valence-electron chi connectivity index (χ0n) is 14.7. The van der Waals surface area contributed by atoms with E-state index in [9.17, 15) is 9.59 Å². The summed E-state index contributed by atoms with van der Waals surface area (Å²) in [6.07, 6.45) is 2.22. The van der Waals surface area contributed by atoms with Gasteiger partial charge in [0, 0.05) is 18.4 Å². The molecule has 25 heavy (non-hydrogen) atoms. The van der Waals surface area contributed by atoms with Crippen LogP contribution >= 0.6 is 0 Å². The Hall–Kier alpha value is -2.83. The summed E-state index contributed by atoms with van der Waals surface area (Å²) in [7, 11) is 0. The highest BCUT2D eigenvalue weighted by Crippen LogP contribution is 2.29. The molecule has 3 amide bonds. The van der Waals surface area contributed by atoms with Crippen LogP contribution in [0.1, 0.15) is 28.8 Å².